The van der Waals surface area contributed by atoms with E-state index in [1.165, 1.54) is 0 Å². The number of rotatable bonds is 3. The molecule has 3 N–H and O–H groups in total. The van der Waals surface area contributed by atoms with E-state index in [9.17, 15) is 9.67 Å². The number of hydrogen-bond acceptors (Lipinski definition) is 5. The highest BCUT2D eigenvalue weighted by atomic mass is 31.2. The molecular weight excluding hydrogens is 210 g/mol. The van der Waals surface area contributed by atoms with E-state index in [-0.39, 0.29) is 0 Å². The van der Waals surface area contributed by atoms with Crippen LogP contribution >= 0.6 is 7.47 Å². The second kappa shape index (κ2) is 4.30. The van der Waals surface area contributed by atoms with Gasteiger partial charge in [0, 0.05) is 0 Å². The van der Waals surface area contributed by atoms with Gasteiger partial charge in [-0.2, -0.15) is 0 Å². The highest BCUT2D eigenvalue weighted by Crippen LogP contribution is 2.41. The first-order chi connectivity index (χ1) is 6.35. The molecule has 0 spiro atoms. The Morgan fingerprint density at radius 2 is 2.21 bits per heavy atom. The maximum Gasteiger partial charge on any atom is 0.261 e. The van der Waals surface area contributed by atoms with Crippen LogP contribution in [0.3, 0.4) is 0 Å². The molecule has 1 rings (SSSR count). The van der Waals surface area contributed by atoms with Gasteiger partial charge in [-0.3, -0.25) is 4.57 Å². The molecule has 0 aromatic heterocycles. The summed E-state index contributed by atoms with van der Waals surface area (Å²) in [5.74, 6) is 0. The first kappa shape index (κ1) is 12.2. The Morgan fingerprint density at radius 1 is 1.64 bits per heavy atom. The zero-order valence-electron chi connectivity index (χ0n) is 7.61. The zero-order valence-corrected chi connectivity index (χ0v) is 8.50. The van der Waals surface area contributed by atoms with Crippen LogP contribution in [0.1, 0.15) is 6.92 Å². The topological polar surface area (TPSA) is 96.2 Å². The van der Waals surface area contributed by atoms with Gasteiger partial charge >= 0.3 is 0 Å². The van der Waals surface area contributed by atoms with Crippen LogP contribution < -0.4 is 0 Å². The van der Waals surface area contributed by atoms with E-state index in [1.54, 1.807) is 6.92 Å². The van der Waals surface area contributed by atoms with Crippen molar-refractivity contribution in [3.63, 3.8) is 0 Å². The fourth-order valence-electron chi connectivity index (χ4n) is 1.37. The molecule has 0 aromatic carbocycles. The van der Waals surface area contributed by atoms with Crippen molar-refractivity contribution in [3.8, 4) is 0 Å². The quantitative estimate of drug-likeness (QED) is 0.409. The summed E-state index contributed by atoms with van der Waals surface area (Å²) in [5, 5.41) is 18.3. The number of hydrogen-bond donors (Lipinski definition) is 3. The van der Waals surface area contributed by atoms with Gasteiger partial charge in [0.05, 0.1) is 12.7 Å². The maximum absolute atomic E-state index is 10.7. The van der Waals surface area contributed by atoms with Crippen molar-refractivity contribution in [2.75, 3.05) is 6.61 Å². The molecule has 1 aliphatic rings. The van der Waals surface area contributed by atoms with Crippen molar-refractivity contribution >= 4 is 15.0 Å². The van der Waals surface area contributed by atoms with Crippen molar-refractivity contribution in [1.82, 2.24) is 0 Å². The molecule has 0 amide bonds. The summed E-state index contributed by atoms with van der Waals surface area (Å²) >= 11 is 0. The van der Waals surface area contributed by atoms with Gasteiger partial charge in [-0.05, 0) is 6.92 Å². The minimum absolute atomic E-state index is 0.411. The molecule has 0 saturated carbocycles. The maximum atomic E-state index is 10.7. The fourth-order valence-corrected chi connectivity index (χ4v) is 1.98. The third-order valence-corrected chi connectivity index (χ3v) is 2.57. The van der Waals surface area contributed by atoms with Crippen LogP contribution in [0, 0.1) is 0 Å². The van der Waals surface area contributed by atoms with Crippen LogP contribution in [0.5, 0.6) is 0 Å². The third kappa shape index (κ3) is 2.79. The first-order valence-corrected chi connectivity index (χ1v) is 5.74. The lowest BCUT2D eigenvalue weighted by atomic mass is 10.1. The van der Waals surface area contributed by atoms with Crippen molar-refractivity contribution < 1.29 is 28.9 Å². The summed E-state index contributed by atoms with van der Waals surface area (Å²) in [5.41, 5.74) is 0. The van der Waals surface area contributed by atoms with Gasteiger partial charge in [0.25, 0.3) is 7.47 Å². The summed E-state index contributed by atoms with van der Waals surface area (Å²) in [6.45, 7) is 1.15. The van der Waals surface area contributed by atoms with E-state index in [4.69, 9.17) is 22.3 Å². The highest BCUT2D eigenvalue weighted by Gasteiger charge is 2.44. The predicted octanol–water partition coefficient (Wildman–Crippen LogP) is -1.22. The van der Waals surface area contributed by atoms with E-state index in [2.05, 4.69) is 4.52 Å². The van der Waals surface area contributed by atoms with E-state index < -0.39 is 38.5 Å². The molecule has 1 heterocycles. The Morgan fingerprint density at radius 3 is 2.64 bits per heavy atom. The second-order valence-corrected chi connectivity index (χ2v) is 4.53. The summed E-state index contributed by atoms with van der Waals surface area (Å²) < 4.78 is 20.4. The average Bonchev–Trinajstić information content (AvgIpc) is 2.30. The summed E-state index contributed by atoms with van der Waals surface area (Å²) in [4.78, 5) is 8.76. The molecule has 1 aliphatic heterocycles. The number of aliphatic hydroxyl groups excluding tert-OH is 2. The van der Waals surface area contributed by atoms with Crippen LogP contribution in [0.2, 0.25) is 0 Å². The van der Waals surface area contributed by atoms with Crippen molar-refractivity contribution in [2.24, 2.45) is 0 Å². The monoisotopic (exact) mass is 222 g/mol. The van der Waals surface area contributed by atoms with E-state index in [1.807, 2.05) is 0 Å². The molecule has 6 nitrogen and oxygen atoms in total. The Bertz CT molecular complexity index is 242. The van der Waals surface area contributed by atoms with Gasteiger partial charge in [-0.25, -0.2) is 0 Å². The van der Waals surface area contributed by atoms with Crippen LogP contribution in [0.25, 0.3) is 0 Å². The Hall–Kier alpha value is 0.0949. The lowest BCUT2D eigenvalue weighted by Crippen LogP contribution is -2.35. The molecule has 2 unspecified atom stereocenters. The van der Waals surface area contributed by atoms with Gasteiger partial charge in [-0.15, -0.1) is 0 Å². The number of aliphatic hydroxyl groups is 2. The fraction of sp³-hybridized carbons (Fsp3) is 1.00. The molecule has 0 bridgehead atoms. The lowest BCUT2D eigenvalue weighted by molar-refractivity contribution is -0.0120. The van der Waals surface area contributed by atoms with Crippen LogP contribution in [0.4, 0.5) is 0 Å². The van der Waals surface area contributed by atoms with Crippen molar-refractivity contribution in [2.45, 2.75) is 31.3 Å². The summed E-state index contributed by atoms with van der Waals surface area (Å²) in [6.07, 6.45) is -3.54. The molecule has 0 aliphatic carbocycles. The van der Waals surface area contributed by atoms with Crippen LogP contribution in [-0.2, 0) is 13.8 Å². The molecule has 2 radical (unpaired) electrons. The molecule has 0 aromatic rings. The number of ether oxygens (including phenoxy) is 1. The zero-order chi connectivity index (χ0) is 10.9. The third-order valence-electron chi connectivity index (χ3n) is 2.03. The van der Waals surface area contributed by atoms with Crippen molar-refractivity contribution in [1.29, 1.82) is 0 Å². The highest BCUT2D eigenvalue weighted by molar-refractivity contribution is 7.78. The molecule has 80 valence electrons. The predicted molar refractivity (Wildman–Crippen MR) is 47.9 cm³/mol. The normalized spacial score (nSPS) is 42.3. The minimum Gasteiger partial charge on any atom is -0.394 e. The standard InChI is InChI=1S/C6H12BO6P/c1-3-5(9)6(4(2-8)12-3)13-14(7,10)11/h3-6,8-9H,2H2,1H3,(H,10,11)/t3-,4+,5?,6-/m0/s1. The van der Waals surface area contributed by atoms with Crippen LogP contribution in [0.15, 0.2) is 0 Å². The van der Waals surface area contributed by atoms with E-state index >= 15 is 0 Å². The lowest BCUT2D eigenvalue weighted by Gasteiger charge is -2.21. The molecule has 1 fully saturated rings. The van der Waals surface area contributed by atoms with E-state index in [0.29, 0.717) is 0 Å². The average molecular weight is 222 g/mol. The van der Waals surface area contributed by atoms with Gasteiger partial charge in [0.2, 0.25) is 7.57 Å². The van der Waals surface area contributed by atoms with Crippen molar-refractivity contribution in [3.05, 3.63) is 0 Å². The molecule has 8 heteroatoms. The first-order valence-electron chi connectivity index (χ1n) is 4.09. The summed E-state index contributed by atoms with van der Waals surface area (Å²) in [7, 11) is 0.600. The minimum atomic E-state index is -4.18. The summed E-state index contributed by atoms with van der Waals surface area (Å²) in [6, 6.07) is 0. The van der Waals surface area contributed by atoms with Gasteiger partial charge in [-0.1, -0.05) is 0 Å². The van der Waals surface area contributed by atoms with Crippen LogP contribution in [-0.4, -0.2) is 53.7 Å². The Kier molecular flexibility index (Phi) is 3.74. The molecule has 14 heavy (non-hydrogen) atoms. The smallest absolute Gasteiger partial charge is 0.261 e. The molecule has 5 atom stereocenters. The Labute approximate surface area is 82.7 Å². The van der Waals surface area contributed by atoms with Gasteiger partial charge in [0.15, 0.2) is 0 Å². The van der Waals surface area contributed by atoms with Gasteiger partial charge < -0.3 is 24.4 Å². The largest absolute Gasteiger partial charge is 0.394 e. The Balaban J connectivity index is 2.69. The molecule has 1 saturated heterocycles. The second-order valence-electron chi connectivity index (χ2n) is 3.19. The van der Waals surface area contributed by atoms with E-state index in [0.717, 1.165) is 0 Å². The van der Waals surface area contributed by atoms with Gasteiger partial charge in [0.1, 0.15) is 18.3 Å². The SMILES string of the molecule is [B]P(=O)(O)O[C@@H]1C(O)[C@H](C)O[C@@H]1CO. The molecular formula is C6H12BO6P.